The summed E-state index contributed by atoms with van der Waals surface area (Å²) >= 11 is 0. The molecule has 0 spiro atoms. The van der Waals surface area contributed by atoms with Crippen LogP contribution < -0.4 is 4.90 Å². The lowest BCUT2D eigenvalue weighted by Crippen LogP contribution is -2.45. The summed E-state index contributed by atoms with van der Waals surface area (Å²) in [5, 5.41) is 8.67. The zero-order chi connectivity index (χ0) is 16.0. The molecule has 1 rings (SSSR count). The first-order valence-corrected chi connectivity index (χ1v) is 6.84. The second-order valence-corrected chi connectivity index (χ2v) is 5.11. The van der Waals surface area contributed by atoms with Crippen molar-refractivity contribution in [3.63, 3.8) is 0 Å². The topological polar surface area (TPSA) is 60.9 Å². The summed E-state index contributed by atoms with van der Waals surface area (Å²) in [5.74, 6) is -1.29. The second-order valence-electron chi connectivity index (χ2n) is 5.11. The zero-order valence-electron chi connectivity index (χ0n) is 12.5. The molecule has 116 valence electrons. The van der Waals surface area contributed by atoms with Gasteiger partial charge in [0.2, 0.25) is 0 Å². The van der Waals surface area contributed by atoms with Crippen LogP contribution in [0.15, 0.2) is 24.3 Å². The molecule has 0 radical (unpaired) electrons. The Labute approximate surface area is 124 Å². The summed E-state index contributed by atoms with van der Waals surface area (Å²) in [5.41, 5.74) is 0.462. The number of anilines is 1. The van der Waals surface area contributed by atoms with Crippen molar-refractivity contribution in [2.24, 2.45) is 0 Å². The van der Waals surface area contributed by atoms with Gasteiger partial charge in [-0.1, -0.05) is 6.07 Å². The number of aliphatic carboxylic acids is 1. The van der Waals surface area contributed by atoms with E-state index in [1.165, 1.54) is 17.0 Å². The molecule has 0 aliphatic heterocycles. The van der Waals surface area contributed by atoms with Crippen molar-refractivity contribution in [1.82, 2.24) is 4.90 Å². The highest BCUT2D eigenvalue weighted by Crippen LogP contribution is 2.17. The van der Waals surface area contributed by atoms with E-state index in [9.17, 15) is 14.0 Å². The molecule has 0 unspecified atom stereocenters. The van der Waals surface area contributed by atoms with E-state index in [-0.39, 0.29) is 18.5 Å². The number of halogens is 1. The van der Waals surface area contributed by atoms with E-state index in [4.69, 9.17) is 5.11 Å². The summed E-state index contributed by atoms with van der Waals surface area (Å²) in [7, 11) is 1.57. The van der Waals surface area contributed by atoms with Gasteiger partial charge < -0.3 is 10.0 Å². The number of carbonyl (C=O) groups is 2. The molecule has 0 aliphatic rings. The molecule has 6 heteroatoms. The molecule has 21 heavy (non-hydrogen) atoms. The molecule has 1 N–H and O–H groups in total. The monoisotopic (exact) mass is 296 g/mol. The third-order valence-electron chi connectivity index (χ3n) is 3.14. The first kappa shape index (κ1) is 16.9. The van der Waals surface area contributed by atoms with Gasteiger partial charge in [0.25, 0.3) is 0 Å². The van der Waals surface area contributed by atoms with Crippen LogP contribution in [0.25, 0.3) is 0 Å². The van der Waals surface area contributed by atoms with Gasteiger partial charge in [-0.3, -0.25) is 9.69 Å². The predicted molar refractivity (Wildman–Crippen MR) is 78.9 cm³/mol. The van der Waals surface area contributed by atoms with Crippen molar-refractivity contribution in [1.29, 1.82) is 0 Å². The number of benzene rings is 1. The Hall–Kier alpha value is -2.11. The minimum Gasteiger partial charge on any atom is -0.481 e. The molecule has 0 aliphatic carbocycles. The van der Waals surface area contributed by atoms with Gasteiger partial charge in [0.15, 0.2) is 0 Å². The molecule has 2 amide bonds. The van der Waals surface area contributed by atoms with Crippen LogP contribution in [0.3, 0.4) is 0 Å². The lowest BCUT2D eigenvalue weighted by Gasteiger charge is -2.31. The molecule has 0 fully saturated rings. The molecular formula is C15H21FN2O3. The fraction of sp³-hybridized carbons (Fsp3) is 0.467. The normalized spacial score (nSPS) is 10.5. The minimum atomic E-state index is -0.885. The predicted octanol–water partition coefficient (Wildman–Crippen LogP) is 2.96. The second kappa shape index (κ2) is 7.61. The average Bonchev–Trinajstić information content (AvgIpc) is 2.41. The van der Waals surface area contributed by atoms with E-state index in [2.05, 4.69) is 0 Å². The van der Waals surface area contributed by atoms with Gasteiger partial charge >= 0.3 is 12.0 Å². The van der Waals surface area contributed by atoms with Crippen LogP contribution in [0.5, 0.6) is 0 Å². The van der Waals surface area contributed by atoms with E-state index in [0.29, 0.717) is 18.7 Å². The van der Waals surface area contributed by atoms with Gasteiger partial charge in [0.05, 0.1) is 0 Å². The van der Waals surface area contributed by atoms with Gasteiger partial charge in [-0.15, -0.1) is 0 Å². The van der Waals surface area contributed by atoms with E-state index in [0.717, 1.165) is 0 Å². The van der Waals surface area contributed by atoms with Gasteiger partial charge in [-0.2, -0.15) is 0 Å². The summed E-state index contributed by atoms with van der Waals surface area (Å²) < 4.78 is 13.2. The third kappa shape index (κ3) is 5.06. The third-order valence-corrected chi connectivity index (χ3v) is 3.14. The molecule has 0 saturated heterocycles. The smallest absolute Gasteiger partial charge is 0.324 e. The van der Waals surface area contributed by atoms with Crippen LogP contribution in [0, 0.1) is 5.82 Å². The summed E-state index contributed by atoms with van der Waals surface area (Å²) in [6, 6.07) is 5.45. The van der Waals surface area contributed by atoms with Crippen LogP contribution in [-0.2, 0) is 4.79 Å². The highest BCUT2D eigenvalue weighted by molar-refractivity contribution is 5.91. The molecular weight excluding hydrogens is 275 g/mol. The maximum atomic E-state index is 13.2. The molecule has 1 aromatic carbocycles. The quantitative estimate of drug-likeness (QED) is 0.878. The van der Waals surface area contributed by atoms with E-state index in [1.54, 1.807) is 24.1 Å². The van der Waals surface area contributed by atoms with Crippen molar-refractivity contribution < 1.29 is 19.1 Å². The molecule has 5 nitrogen and oxygen atoms in total. The number of hydrogen-bond donors (Lipinski definition) is 1. The van der Waals surface area contributed by atoms with E-state index >= 15 is 0 Å². The van der Waals surface area contributed by atoms with Crippen molar-refractivity contribution in [2.45, 2.75) is 32.7 Å². The van der Waals surface area contributed by atoms with Crippen molar-refractivity contribution in [3.05, 3.63) is 30.1 Å². The van der Waals surface area contributed by atoms with Gasteiger partial charge in [0, 0.05) is 31.7 Å². The highest BCUT2D eigenvalue weighted by Gasteiger charge is 2.21. The standard InChI is InChI=1S/C15H21FN2O3/c1-11(2)18(9-5-8-14(19)20)15(21)17(3)13-7-4-6-12(16)10-13/h4,6-7,10-11H,5,8-9H2,1-3H3,(H,19,20). The summed E-state index contributed by atoms with van der Waals surface area (Å²) in [6.07, 6.45) is 0.399. The Balaban J connectivity index is 2.77. The van der Waals surface area contributed by atoms with Crippen molar-refractivity contribution in [3.8, 4) is 0 Å². The first-order chi connectivity index (χ1) is 9.82. The summed E-state index contributed by atoms with van der Waals surface area (Å²) in [4.78, 5) is 26.0. The molecule has 0 saturated carbocycles. The fourth-order valence-electron chi connectivity index (χ4n) is 1.96. The molecule has 0 heterocycles. The van der Waals surface area contributed by atoms with Crippen molar-refractivity contribution >= 4 is 17.7 Å². The van der Waals surface area contributed by atoms with Gasteiger partial charge in [-0.05, 0) is 38.5 Å². The Kier molecular flexibility index (Phi) is 6.14. The largest absolute Gasteiger partial charge is 0.481 e. The number of carboxylic acid groups (broad SMARTS) is 1. The number of amides is 2. The zero-order valence-corrected chi connectivity index (χ0v) is 12.5. The maximum absolute atomic E-state index is 13.2. The Morgan fingerprint density at radius 2 is 2.00 bits per heavy atom. The van der Waals surface area contributed by atoms with Crippen LogP contribution in [0.1, 0.15) is 26.7 Å². The first-order valence-electron chi connectivity index (χ1n) is 6.84. The van der Waals surface area contributed by atoms with E-state index < -0.39 is 11.8 Å². The lowest BCUT2D eigenvalue weighted by atomic mass is 10.2. The number of rotatable bonds is 6. The number of nitrogens with zero attached hydrogens (tertiary/aromatic N) is 2. The van der Waals surface area contributed by atoms with Crippen LogP contribution in [-0.4, -0.2) is 41.6 Å². The van der Waals surface area contributed by atoms with Gasteiger partial charge in [0.1, 0.15) is 5.82 Å². The average molecular weight is 296 g/mol. The van der Waals surface area contributed by atoms with Crippen LogP contribution in [0.2, 0.25) is 0 Å². The fourth-order valence-corrected chi connectivity index (χ4v) is 1.96. The maximum Gasteiger partial charge on any atom is 0.324 e. The lowest BCUT2D eigenvalue weighted by molar-refractivity contribution is -0.137. The number of hydrogen-bond acceptors (Lipinski definition) is 2. The van der Waals surface area contributed by atoms with Crippen molar-refractivity contribution in [2.75, 3.05) is 18.5 Å². The minimum absolute atomic E-state index is 0.0141. The number of urea groups is 1. The molecule has 0 aromatic heterocycles. The van der Waals surface area contributed by atoms with E-state index in [1.807, 2.05) is 13.8 Å². The number of carboxylic acids is 1. The molecule has 0 bridgehead atoms. The van der Waals surface area contributed by atoms with Gasteiger partial charge in [-0.25, -0.2) is 9.18 Å². The van der Waals surface area contributed by atoms with Crippen LogP contribution in [0.4, 0.5) is 14.9 Å². The van der Waals surface area contributed by atoms with Crippen LogP contribution >= 0.6 is 0 Å². The number of carbonyl (C=O) groups excluding carboxylic acids is 1. The molecule has 1 aromatic rings. The molecule has 0 atom stereocenters. The summed E-state index contributed by atoms with van der Waals surface area (Å²) in [6.45, 7) is 4.07. The Morgan fingerprint density at radius 3 is 2.52 bits per heavy atom. The Bertz CT molecular complexity index is 505. The SMILES string of the molecule is CC(C)N(CCCC(=O)O)C(=O)N(C)c1cccc(F)c1. The Morgan fingerprint density at radius 1 is 1.33 bits per heavy atom. The highest BCUT2D eigenvalue weighted by atomic mass is 19.1.